The second-order valence-corrected chi connectivity index (χ2v) is 4.59. The number of nitrogens with one attached hydrogen (secondary N) is 1. The fourth-order valence-electron chi connectivity index (χ4n) is 1.52. The van der Waals surface area contributed by atoms with E-state index in [9.17, 15) is 0 Å². The van der Waals surface area contributed by atoms with Crippen LogP contribution in [0.4, 0.5) is 11.5 Å². The van der Waals surface area contributed by atoms with E-state index in [1.54, 1.807) is 12.4 Å². The van der Waals surface area contributed by atoms with Crippen molar-refractivity contribution in [1.29, 1.82) is 0 Å². The van der Waals surface area contributed by atoms with E-state index < -0.39 is 0 Å². The number of nitrogens with zero attached hydrogens (tertiary/aromatic N) is 2. The zero-order valence-electron chi connectivity index (χ0n) is 11.2. The Morgan fingerprint density at radius 3 is 2.55 bits per heavy atom. The lowest BCUT2D eigenvalue weighted by Gasteiger charge is -2.08. The second-order valence-electron chi connectivity index (χ2n) is 4.15. The van der Waals surface area contributed by atoms with Crippen molar-refractivity contribution in [3.8, 4) is 5.75 Å². The molecule has 1 aromatic heterocycles. The van der Waals surface area contributed by atoms with Crippen LogP contribution >= 0.6 is 12.2 Å². The molecule has 2 aromatic rings. The largest absolute Gasteiger partial charge is 0.494 e. The lowest BCUT2D eigenvalue weighted by atomic mass is 10.3. The monoisotopic (exact) mass is 288 g/mol. The Bertz CT molecular complexity index is 569. The molecule has 0 radical (unpaired) electrons. The zero-order valence-corrected chi connectivity index (χ0v) is 12.0. The Hall–Kier alpha value is -2.21. The summed E-state index contributed by atoms with van der Waals surface area (Å²) in [6, 6.07) is 7.67. The number of anilines is 2. The van der Waals surface area contributed by atoms with E-state index in [4.69, 9.17) is 22.7 Å². The molecule has 0 spiro atoms. The van der Waals surface area contributed by atoms with Gasteiger partial charge in [-0.1, -0.05) is 19.1 Å². The van der Waals surface area contributed by atoms with Crippen LogP contribution in [0.1, 0.15) is 19.0 Å². The minimum Gasteiger partial charge on any atom is -0.494 e. The molecule has 0 atom stereocenters. The van der Waals surface area contributed by atoms with Gasteiger partial charge in [0, 0.05) is 5.69 Å². The van der Waals surface area contributed by atoms with Gasteiger partial charge in [-0.25, -0.2) is 9.97 Å². The molecular weight excluding hydrogens is 272 g/mol. The average molecular weight is 288 g/mol. The first-order chi connectivity index (χ1) is 9.69. The van der Waals surface area contributed by atoms with Gasteiger partial charge in [0.25, 0.3) is 0 Å². The maximum absolute atomic E-state index is 5.52. The highest BCUT2D eigenvalue weighted by Gasteiger charge is 2.01. The summed E-state index contributed by atoms with van der Waals surface area (Å²) in [5.74, 6) is 1.49. The van der Waals surface area contributed by atoms with Crippen LogP contribution in [-0.4, -0.2) is 21.6 Å². The Morgan fingerprint density at radius 2 is 2.00 bits per heavy atom. The number of ether oxygens (including phenoxy) is 1. The fraction of sp³-hybridized carbons (Fsp3) is 0.214. The third-order valence-corrected chi connectivity index (χ3v) is 2.71. The van der Waals surface area contributed by atoms with Gasteiger partial charge in [-0.15, -0.1) is 0 Å². The maximum atomic E-state index is 5.52. The molecule has 104 valence electrons. The van der Waals surface area contributed by atoms with Crippen LogP contribution in [0.25, 0.3) is 0 Å². The number of nitrogens with two attached hydrogens (primary N) is 1. The summed E-state index contributed by atoms with van der Waals surface area (Å²) in [7, 11) is 0. The Labute approximate surface area is 123 Å². The van der Waals surface area contributed by atoms with Gasteiger partial charge in [0.15, 0.2) is 0 Å². The Morgan fingerprint density at radius 1 is 1.25 bits per heavy atom. The van der Waals surface area contributed by atoms with Gasteiger partial charge in [0.2, 0.25) is 0 Å². The van der Waals surface area contributed by atoms with Crippen molar-refractivity contribution < 1.29 is 4.74 Å². The first-order valence-electron chi connectivity index (χ1n) is 6.31. The summed E-state index contributed by atoms with van der Waals surface area (Å²) in [5, 5.41) is 3.14. The summed E-state index contributed by atoms with van der Waals surface area (Å²) < 4.78 is 5.52. The number of hydrogen-bond donors (Lipinski definition) is 2. The molecule has 0 aliphatic rings. The molecule has 20 heavy (non-hydrogen) atoms. The third-order valence-electron chi connectivity index (χ3n) is 2.50. The third kappa shape index (κ3) is 3.89. The van der Waals surface area contributed by atoms with E-state index in [0.29, 0.717) is 11.5 Å². The summed E-state index contributed by atoms with van der Waals surface area (Å²) in [5.41, 5.74) is 6.88. The fourth-order valence-corrected chi connectivity index (χ4v) is 1.63. The molecular formula is C14H16N4OS. The predicted octanol–water partition coefficient (Wildman–Crippen LogP) is 2.64. The first kappa shape index (κ1) is 14.2. The number of aromatic nitrogens is 2. The van der Waals surface area contributed by atoms with E-state index >= 15 is 0 Å². The molecule has 0 fully saturated rings. The molecule has 3 N–H and O–H groups in total. The summed E-state index contributed by atoms with van der Waals surface area (Å²) >= 11 is 4.83. The first-order valence-corrected chi connectivity index (χ1v) is 6.71. The molecule has 0 bridgehead atoms. The summed E-state index contributed by atoms with van der Waals surface area (Å²) in [6.07, 6.45) is 4.13. The lowest BCUT2D eigenvalue weighted by Crippen LogP contribution is -2.12. The molecule has 0 saturated heterocycles. The molecule has 0 saturated carbocycles. The van der Waals surface area contributed by atoms with Crippen LogP contribution < -0.4 is 15.8 Å². The molecule has 0 unspecified atom stereocenters. The molecule has 1 aromatic carbocycles. The van der Waals surface area contributed by atoms with Crippen molar-refractivity contribution in [1.82, 2.24) is 9.97 Å². The van der Waals surface area contributed by atoms with Crippen LogP contribution in [0, 0.1) is 0 Å². The van der Waals surface area contributed by atoms with E-state index in [1.165, 1.54) is 0 Å². The molecule has 0 aliphatic carbocycles. The quantitative estimate of drug-likeness (QED) is 0.796. The summed E-state index contributed by atoms with van der Waals surface area (Å²) in [4.78, 5) is 8.55. The number of thiocarbonyl (C=S) groups is 1. The van der Waals surface area contributed by atoms with E-state index in [0.717, 1.165) is 24.5 Å². The minimum absolute atomic E-state index is 0.237. The standard InChI is InChI=1S/C14H16N4OS/c1-2-7-19-11-5-3-10(4-6-11)18-13-9-16-12(8-17-13)14(15)20/h3-6,8-9H,2,7H2,1H3,(H2,15,20)(H,17,18). The minimum atomic E-state index is 0.237. The second kappa shape index (κ2) is 6.81. The van der Waals surface area contributed by atoms with Crippen molar-refractivity contribution >= 4 is 28.7 Å². The number of rotatable bonds is 6. The van der Waals surface area contributed by atoms with Crippen LogP contribution in [0.15, 0.2) is 36.7 Å². The number of benzene rings is 1. The molecule has 6 heteroatoms. The van der Waals surface area contributed by atoms with Gasteiger partial charge >= 0.3 is 0 Å². The van der Waals surface area contributed by atoms with Gasteiger partial charge in [0.1, 0.15) is 22.2 Å². The normalized spacial score (nSPS) is 10.1. The Balaban J connectivity index is 2.00. The van der Waals surface area contributed by atoms with Crippen molar-refractivity contribution in [3.63, 3.8) is 0 Å². The van der Waals surface area contributed by atoms with Crippen molar-refractivity contribution in [3.05, 3.63) is 42.4 Å². The molecule has 2 rings (SSSR count). The van der Waals surface area contributed by atoms with E-state index in [1.807, 2.05) is 24.3 Å². The maximum Gasteiger partial charge on any atom is 0.148 e. The molecule has 5 nitrogen and oxygen atoms in total. The van der Waals surface area contributed by atoms with Crippen LogP contribution in [0.2, 0.25) is 0 Å². The summed E-state index contributed by atoms with van der Waals surface area (Å²) in [6.45, 7) is 2.80. The molecule has 1 heterocycles. The topological polar surface area (TPSA) is 73.1 Å². The van der Waals surface area contributed by atoms with Crippen LogP contribution in [-0.2, 0) is 0 Å². The highest BCUT2D eigenvalue weighted by atomic mass is 32.1. The number of hydrogen-bond acceptors (Lipinski definition) is 5. The van der Waals surface area contributed by atoms with Crippen molar-refractivity contribution in [2.45, 2.75) is 13.3 Å². The van der Waals surface area contributed by atoms with Crippen molar-refractivity contribution in [2.24, 2.45) is 5.73 Å². The van der Waals surface area contributed by atoms with Crippen molar-refractivity contribution in [2.75, 3.05) is 11.9 Å². The van der Waals surface area contributed by atoms with E-state index in [-0.39, 0.29) is 4.99 Å². The molecule has 0 aliphatic heterocycles. The van der Waals surface area contributed by atoms with Gasteiger partial charge in [0.05, 0.1) is 19.0 Å². The Kier molecular flexibility index (Phi) is 4.84. The highest BCUT2D eigenvalue weighted by Crippen LogP contribution is 2.18. The average Bonchev–Trinajstić information content (AvgIpc) is 2.47. The highest BCUT2D eigenvalue weighted by molar-refractivity contribution is 7.80. The lowest BCUT2D eigenvalue weighted by molar-refractivity contribution is 0.317. The molecule has 0 amide bonds. The van der Waals surface area contributed by atoms with Crippen LogP contribution in [0.3, 0.4) is 0 Å². The SMILES string of the molecule is CCCOc1ccc(Nc2cnc(C(N)=S)cn2)cc1. The van der Waals surface area contributed by atoms with Gasteiger partial charge in [-0.05, 0) is 30.7 Å². The zero-order chi connectivity index (χ0) is 14.4. The van der Waals surface area contributed by atoms with Gasteiger partial charge in [-0.2, -0.15) is 0 Å². The van der Waals surface area contributed by atoms with Crippen LogP contribution in [0.5, 0.6) is 5.75 Å². The smallest absolute Gasteiger partial charge is 0.148 e. The predicted molar refractivity (Wildman–Crippen MR) is 83.4 cm³/mol. The van der Waals surface area contributed by atoms with Gasteiger partial charge in [-0.3, -0.25) is 0 Å². The van der Waals surface area contributed by atoms with E-state index in [2.05, 4.69) is 22.2 Å². The van der Waals surface area contributed by atoms with Gasteiger partial charge < -0.3 is 15.8 Å².